The van der Waals surface area contributed by atoms with Gasteiger partial charge in [-0.3, -0.25) is 9.59 Å². The Kier molecular flexibility index (Phi) is 6.37. The normalized spacial score (nSPS) is 21.2. The van der Waals surface area contributed by atoms with Crippen LogP contribution in [0.1, 0.15) is 48.4 Å². The number of allylic oxidation sites excluding steroid dienone is 2. The Morgan fingerprint density at radius 1 is 1.33 bits per heavy atom. The summed E-state index contributed by atoms with van der Waals surface area (Å²) in [5.41, 5.74) is 1.94. The molecule has 1 fully saturated rings. The van der Waals surface area contributed by atoms with Gasteiger partial charge in [0.05, 0.1) is 5.54 Å². The minimum Gasteiger partial charge on any atom is -0.356 e. The summed E-state index contributed by atoms with van der Waals surface area (Å²) < 4.78 is 0. The molecule has 1 aromatic heterocycles. The van der Waals surface area contributed by atoms with Crippen LogP contribution in [-0.2, 0) is 4.79 Å². The van der Waals surface area contributed by atoms with Crippen molar-refractivity contribution in [3.63, 3.8) is 0 Å². The predicted molar refractivity (Wildman–Crippen MR) is 96.6 cm³/mol. The Hall–Kier alpha value is -2.34. The lowest BCUT2D eigenvalue weighted by molar-refractivity contribution is -0.109. The van der Waals surface area contributed by atoms with Gasteiger partial charge in [0, 0.05) is 18.8 Å². The molecule has 0 aromatic carbocycles. The molecule has 2 amide bonds. The van der Waals surface area contributed by atoms with E-state index in [1.807, 2.05) is 44.2 Å². The SMILES string of the molecule is C/C=C\c1cc(C(=O)NC2(CNC=O)CCCNC2)[nH]c1/C=C\C. The van der Waals surface area contributed by atoms with E-state index in [0.29, 0.717) is 25.2 Å². The van der Waals surface area contributed by atoms with Gasteiger partial charge in [0.2, 0.25) is 6.41 Å². The van der Waals surface area contributed by atoms with Gasteiger partial charge in [-0.1, -0.05) is 18.2 Å². The number of rotatable bonds is 7. The van der Waals surface area contributed by atoms with Crippen LogP contribution in [-0.4, -0.2) is 42.5 Å². The lowest BCUT2D eigenvalue weighted by Gasteiger charge is -2.38. The van der Waals surface area contributed by atoms with E-state index in [0.717, 1.165) is 30.6 Å². The molecular formula is C18H26N4O2. The molecule has 0 spiro atoms. The maximum absolute atomic E-state index is 12.7. The van der Waals surface area contributed by atoms with Crippen molar-refractivity contribution in [3.05, 3.63) is 35.2 Å². The molecule has 1 aliphatic rings. The van der Waals surface area contributed by atoms with Gasteiger partial charge in [-0.2, -0.15) is 0 Å². The summed E-state index contributed by atoms with van der Waals surface area (Å²) >= 11 is 0. The minimum atomic E-state index is -0.455. The molecule has 0 bridgehead atoms. The Morgan fingerprint density at radius 2 is 2.12 bits per heavy atom. The van der Waals surface area contributed by atoms with E-state index in [9.17, 15) is 9.59 Å². The van der Waals surface area contributed by atoms with E-state index >= 15 is 0 Å². The van der Waals surface area contributed by atoms with Crippen LogP contribution in [0.2, 0.25) is 0 Å². The molecule has 1 unspecified atom stereocenters. The van der Waals surface area contributed by atoms with Crippen LogP contribution in [0, 0.1) is 0 Å². The second-order valence-electron chi connectivity index (χ2n) is 6.07. The Bertz CT molecular complexity index is 595. The molecular weight excluding hydrogens is 304 g/mol. The highest BCUT2D eigenvalue weighted by atomic mass is 16.2. The maximum Gasteiger partial charge on any atom is 0.268 e. The van der Waals surface area contributed by atoms with Crippen LogP contribution in [0.5, 0.6) is 0 Å². The fourth-order valence-electron chi connectivity index (χ4n) is 3.05. The Morgan fingerprint density at radius 3 is 2.75 bits per heavy atom. The number of amides is 2. The molecule has 130 valence electrons. The van der Waals surface area contributed by atoms with E-state index in [-0.39, 0.29) is 5.91 Å². The van der Waals surface area contributed by atoms with Gasteiger partial charge in [-0.25, -0.2) is 0 Å². The monoisotopic (exact) mass is 330 g/mol. The molecule has 24 heavy (non-hydrogen) atoms. The van der Waals surface area contributed by atoms with Crippen LogP contribution >= 0.6 is 0 Å². The van der Waals surface area contributed by atoms with Gasteiger partial charge in [-0.05, 0) is 50.9 Å². The van der Waals surface area contributed by atoms with Crippen molar-refractivity contribution in [2.24, 2.45) is 0 Å². The quantitative estimate of drug-likeness (QED) is 0.574. The predicted octanol–water partition coefficient (Wildman–Crippen LogP) is 1.68. The van der Waals surface area contributed by atoms with Gasteiger partial charge in [-0.15, -0.1) is 0 Å². The van der Waals surface area contributed by atoms with Crippen molar-refractivity contribution in [2.75, 3.05) is 19.6 Å². The lowest BCUT2D eigenvalue weighted by atomic mass is 9.89. The van der Waals surface area contributed by atoms with Crippen LogP contribution in [0.3, 0.4) is 0 Å². The van der Waals surface area contributed by atoms with E-state index in [1.54, 1.807) is 0 Å². The summed E-state index contributed by atoms with van der Waals surface area (Å²) in [6.45, 7) is 5.87. The molecule has 6 nitrogen and oxygen atoms in total. The van der Waals surface area contributed by atoms with Crippen LogP contribution < -0.4 is 16.0 Å². The van der Waals surface area contributed by atoms with Gasteiger partial charge in [0.1, 0.15) is 5.69 Å². The molecule has 2 rings (SSSR count). The number of hydrogen-bond acceptors (Lipinski definition) is 3. The highest BCUT2D eigenvalue weighted by molar-refractivity contribution is 5.94. The Labute approximate surface area is 142 Å². The first-order valence-electron chi connectivity index (χ1n) is 8.33. The minimum absolute atomic E-state index is 0.159. The first-order valence-corrected chi connectivity index (χ1v) is 8.33. The molecule has 0 radical (unpaired) electrons. The molecule has 6 heteroatoms. The first kappa shape index (κ1) is 18.0. The van der Waals surface area contributed by atoms with E-state index in [2.05, 4.69) is 20.9 Å². The number of piperidine rings is 1. The lowest BCUT2D eigenvalue weighted by Crippen LogP contribution is -2.62. The van der Waals surface area contributed by atoms with Crippen molar-refractivity contribution < 1.29 is 9.59 Å². The van der Waals surface area contributed by atoms with Gasteiger partial charge >= 0.3 is 0 Å². The third-order valence-electron chi connectivity index (χ3n) is 4.18. The summed E-state index contributed by atoms with van der Waals surface area (Å²) in [6.07, 6.45) is 10.2. The molecule has 0 saturated carbocycles. The first-order chi connectivity index (χ1) is 11.6. The number of carbonyl (C=O) groups excluding carboxylic acids is 2. The fraction of sp³-hybridized carbons (Fsp3) is 0.444. The summed E-state index contributed by atoms with van der Waals surface area (Å²) in [5, 5.41) is 9.11. The van der Waals surface area contributed by atoms with Gasteiger partial charge < -0.3 is 20.9 Å². The third-order valence-corrected chi connectivity index (χ3v) is 4.18. The number of aromatic nitrogens is 1. The van der Waals surface area contributed by atoms with Crippen LogP contribution in [0.25, 0.3) is 12.2 Å². The molecule has 2 heterocycles. The molecule has 0 aliphatic carbocycles. The highest BCUT2D eigenvalue weighted by Crippen LogP contribution is 2.19. The number of hydrogen-bond donors (Lipinski definition) is 4. The zero-order valence-electron chi connectivity index (χ0n) is 14.3. The van der Waals surface area contributed by atoms with Crippen molar-refractivity contribution >= 4 is 24.5 Å². The second-order valence-corrected chi connectivity index (χ2v) is 6.07. The van der Waals surface area contributed by atoms with Gasteiger partial charge in [0.25, 0.3) is 5.91 Å². The van der Waals surface area contributed by atoms with E-state index < -0.39 is 5.54 Å². The number of nitrogens with one attached hydrogen (secondary N) is 4. The standard InChI is InChI=1S/C18H26N4O2/c1-3-6-14-10-16(21-15(14)7-4-2)17(24)22-18(12-20-13-23)8-5-9-19-11-18/h3-4,6-7,10,13,19,21H,5,8-9,11-12H2,1-2H3,(H,20,23)(H,22,24)/b6-3-,7-4-. The Balaban J connectivity index is 2.20. The average Bonchev–Trinajstić information content (AvgIpc) is 2.98. The third kappa shape index (κ3) is 4.35. The number of carbonyl (C=O) groups is 2. The molecule has 4 N–H and O–H groups in total. The zero-order valence-corrected chi connectivity index (χ0v) is 14.3. The number of H-pyrrole nitrogens is 1. The van der Waals surface area contributed by atoms with Crippen molar-refractivity contribution in [1.82, 2.24) is 20.9 Å². The van der Waals surface area contributed by atoms with Crippen molar-refractivity contribution in [1.29, 1.82) is 0 Å². The zero-order chi connectivity index (χ0) is 17.4. The molecule has 1 aromatic rings. The highest BCUT2D eigenvalue weighted by Gasteiger charge is 2.34. The summed E-state index contributed by atoms with van der Waals surface area (Å²) in [4.78, 5) is 26.6. The van der Waals surface area contributed by atoms with Crippen LogP contribution in [0.4, 0.5) is 0 Å². The summed E-state index contributed by atoms with van der Waals surface area (Å²) in [7, 11) is 0. The summed E-state index contributed by atoms with van der Waals surface area (Å²) in [6, 6.07) is 1.85. The number of aromatic amines is 1. The van der Waals surface area contributed by atoms with E-state index in [4.69, 9.17) is 0 Å². The molecule has 1 saturated heterocycles. The van der Waals surface area contributed by atoms with Crippen molar-refractivity contribution in [2.45, 2.75) is 32.2 Å². The van der Waals surface area contributed by atoms with E-state index in [1.165, 1.54) is 0 Å². The topological polar surface area (TPSA) is 86.0 Å². The fourth-order valence-corrected chi connectivity index (χ4v) is 3.05. The summed E-state index contributed by atoms with van der Waals surface area (Å²) in [5.74, 6) is -0.159. The molecule has 1 atom stereocenters. The van der Waals surface area contributed by atoms with Crippen LogP contribution in [0.15, 0.2) is 18.2 Å². The largest absolute Gasteiger partial charge is 0.356 e. The smallest absolute Gasteiger partial charge is 0.268 e. The second kappa shape index (κ2) is 8.49. The maximum atomic E-state index is 12.7. The molecule has 1 aliphatic heterocycles. The van der Waals surface area contributed by atoms with Gasteiger partial charge in [0.15, 0.2) is 0 Å². The average molecular weight is 330 g/mol. The van der Waals surface area contributed by atoms with Crippen molar-refractivity contribution in [3.8, 4) is 0 Å².